The van der Waals surface area contributed by atoms with Gasteiger partial charge in [-0.15, -0.1) is 0 Å². The summed E-state index contributed by atoms with van der Waals surface area (Å²) in [5.74, 6) is 0.862. The Balaban J connectivity index is 1.71. The third-order valence-corrected chi connectivity index (χ3v) is 4.88. The van der Waals surface area contributed by atoms with Gasteiger partial charge in [0.1, 0.15) is 0 Å². The Morgan fingerprint density at radius 1 is 1.35 bits per heavy atom. The van der Waals surface area contributed by atoms with E-state index in [4.69, 9.17) is 9.84 Å². The summed E-state index contributed by atoms with van der Waals surface area (Å²) >= 11 is 0. The van der Waals surface area contributed by atoms with Crippen molar-refractivity contribution < 1.29 is 9.53 Å². The molecule has 0 spiro atoms. The second-order valence-electron chi connectivity index (χ2n) is 6.85. The predicted octanol–water partition coefficient (Wildman–Crippen LogP) is 1.72. The lowest BCUT2D eigenvalue weighted by Crippen LogP contribution is -2.42. The maximum absolute atomic E-state index is 11.7. The molecule has 0 aromatic rings. The molecule has 126 valence electrons. The van der Waals surface area contributed by atoms with Crippen LogP contribution in [0.3, 0.4) is 0 Å². The molecule has 2 atom stereocenters. The fourth-order valence-electron chi connectivity index (χ4n) is 3.49. The zero-order chi connectivity index (χ0) is 16.4. The molecule has 0 amide bonds. The number of nitrogens with zero attached hydrogens (tertiary/aromatic N) is 3. The van der Waals surface area contributed by atoms with Crippen molar-refractivity contribution in [3.63, 3.8) is 0 Å². The lowest BCUT2D eigenvalue weighted by atomic mass is 9.84. The summed E-state index contributed by atoms with van der Waals surface area (Å²) in [6.07, 6.45) is 6.23. The molecule has 5 nitrogen and oxygen atoms in total. The number of Topliss-reactive ketones (excluding diaryl/α,β-unsaturated/α-hetero) is 1. The van der Waals surface area contributed by atoms with Crippen molar-refractivity contribution in [1.82, 2.24) is 9.91 Å². The van der Waals surface area contributed by atoms with Crippen molar-refractivity contribution in [2.75, 3.05) is 39.4 Å². The molecule has 3 rings (SSSR count). The topological polar surface area (TPSA) is 45.1 Å². The number of hydrazone groups is 1. The van der Waals surface area contributed by atoms with Gasteiger partial charge in [-0.25, -0.2) is 0 Å². The Labute approximate surface area is 138 Å². The number of hydrogen-bond donors (Lipinski definition) is 0. The molecule has 5 heteroatoms. The van der Waals surface area contributed by atoms with Crippen LogP contribution in [0.25, 0.3) is 0 Å². The van der Waals surface area contributed by atoms with Gasteiger partial charge in [0.25, 0.3) is 0 Å². The third kappa shape index (κ3) is 3.56. The molecule has 23 heavy (non-hydrogen) atoms. The number of morpholine rings is 1. The van der Waals surface area contributed by atoms with Gasteiger partial charge in [-0.3, -0.25) is 14.7 Å². The molecule has 0 aromatic heterocycles. The van der Waals surface area contributed by atoms with Crippen LogP contribution in [0.4, 0.5) is 0 Å². The number of rotatable bonds is 5. The van der Waals surface area contributed by atoms with E-state index in [9.17, 15) is 4.79 Å². The van der Waals surface area contributed by atoms with Gasteiger partial charge in [0, 0.05) is 43.4 Å². The summed E-state index contributed by atoms with van der Waals surface area (Å²) < 4.78 is 5.41. The van der Waals surface area contributed by atoms with E-state index in [1.54, 1.807) is 6.92 Å². The highest BCUT2D eigenvalue weighted by Gasteiger charge is 2.37. The molecular formula is C18H27N3O2. The molecule has 1 aliphatic carbocycles. The highest BCUT2D eigenvalue weighted by molar-refractivity contribution is 5.98. The summed E-state index contributed by atoms with van der Waals surface area (Å²) in [7, 11) is 0. The Morgan fingerprint density at radius 2 is 2.09 bits per heavy atom. The van der Waals surface area contributed by atoms with Crippen LogP contribution in [0.2, 0.25) is 0 Å². The van der Waals surface area contributed by atoms with E-state index in [-0.39, 0.29) is 11.8 Å². The van der Waals surface area contributed by atoms with Crippen LogP contribution >= 0.6 is 0 Å². The monoisotopic (exact) mass is 317 g/mol. The summed E-state index contributed by atoms with van der Waals surface area (Å²) in [5.41, 5.74) is 2.04. The van der Waals surface area contributed by atoms with Crippen molar-refractivity contribution in [3.8, 4) is 0 Å². The Morgan fingerprint density at radius 3 is 2.74 bits per heavy atom. The summed E-state index contributed by atoms with van der Waals surface area (Å²) in [6, 6.07) is 0.192. The molecule has 2 heterocycles. The first-order valence-corrected chi connectivity index (χ1v) is 8.62. The first-order valence-electron chi connectivity index (χ1n) is 8.62. The smallest absolute Gasteiger partial charge is 0.159 e. The van der Waals surface area contributed by atoms with Crippen LogP contribution < -0.4 is 0 Å². The van der Waals surface area contributed by atoms with E-state index in [0.29, 0.717) is 11.8 Å². The molecule has 0 N–H and O–H groups in total. The SMILES string of the molecule is CC(=O)C1=CC2C(C=C1)C(C(C)C)=NN2CCN1CCOCC1. The standard InChI is InChI=1S/C18H27N3O2/c1-13(2)18-16-5-4-15(14(3)22)12-17(16)21(19-18)7-6-20-8-10-23-11-9-20/h4-5,12-13,16-17H,6-11H2,1-3H3. The molecule has 1 saturated heterocycles. The summed E-state index contributed by atoms with van der Waals surface area (Å²) in [5, 5.41) is 7.08. The zero-order valence-electron chi connectivity index (χ0n) is 14.4. The van der Waals surface area contributed by atoms with Crippen molar-refractivity contribution in [1.29, 1.82) is 0 Å². The Hall–Kier alpha value is -1.46. The molecule has 0 saturated carbocycles. The average Bonchev–Trinajstić information content (AvgIpc) is 2.92. The third-order valence-electron chi connectivity index (χ3n) is 4.88. The average molecular weight is 317 g/mol. The fraction of sp³-hybridized carbons (Fsp3) is 0.667. The highest BCUT2D eigenvalue weighted by atomic mass is 16.5. The van der Waals surface area contributed by atoms with E-state index in [2.05, 4.69) is 35.9 Å². The summed E-state index contributed by atoms with van der Waals surface area (Å²) in [6.45, 7) is 11.6. The first-order chi connectivity index (χ1) is 11.1. The number of ketones is 1. The quantitative estimate of drug-likeness (QED) is 0.774. The van der Waals surface area contributed by atoms with Crippen molar-refractivity contribution in [2.24, 2.45) is 16.9 Å². The maximum atomic E-state index is 11.7. The zero-order valence-corrected chi connectivity index (χ0v) is 14.4. The molecule has 2 unspecified atom stereocenters. The Bertz CT molecular complexity index is 544. The molecular weight excluding hydrogens is 290 g/mol. The van der Waals surface area contributed by atoms with Crippen molar-refractivity contribution in [2.45, 2.75) is 26.8 Å². The van der Waals surface area contributed by atoms with Crippen LogP contribution in [0.5, 0.6) is 0 Å². The second kappa shape index (κ2) is 6.97. The van der Waals surface area contributed by atoms with Crippen LogP contribution in [0, 0.1) is 11.8 Å². The summed E-state index contributed by atoms with van der Waals surface area (Å²) in [4.78, 5) is 14.1. The van der Waals surface area contributed by atoms with Gasteiger partial charge < -0.3 is 4.74 Å². The minimum absolute atomic E-state index is 0.130. The van der Waals surface area contributed by atoms with E-state index in [1.165, 1.54) is 5.71 Å². The molecule has 1 fully saturated rings. The first kappa shape index (κ1) is 16.4. The lowest BCUT2D eigenvalue weighted by molar-refractivity contribution is -0.113. The largest absolute Gasteiger partial charge is 0.379 e. The predicted molar refractivity (Wildman–Crippen MR) is 91.4 cm³/mol. The minimum Gasteiger partial charge on any atom is -0.379 e. The maximum Gasteiger partial charge on any atom is 0.159 e. The molecule has 3 aliphatic rings. The number of carbonyl (C=O) groups excluding carboxylic acids is 1. The van der Waals surface area contributed by atoms with Gasteiger partial charge in [-0.2, -0.15) is 5.10 Å². The minimum atomic E-state index is 0.130. The van der Waals surface area contributed by atoms with Gasteiger partial charge >= 0.3 is 0 Å². The van der Waals surface area contributed by atoms with Crippen molar-refractivity contribution in [3.05, 3.63) is 23.8 Å². The van der Waals surface area contributed by atoms with Crippen LogP contribution in [0.15, 0.2) is 28.9 Å². The van der Waals surface area contributed by atoms with Crippen LogP contribution in [0.1, 0.15) is 20.8 Å². The van der Waals surface area contributed by atoms with E-state index < -0.39 is 0 Å². The number of fused-ring (bicyclic) bond motifs is 1. The van der Waals surface area contributed by atoms with Gasteiger partial charge in [0.2, 0.25) is 0 Å². The van der Waals surface area contributed by atoms with Crippen LogP contribution in [-0.2, 0) is 9.53 Å². The molecule has 0 aromatic carbocycles. The van der Waals surface area contributed by atoms with Crippen LogP contribution in [-0.4, -0.2) is 66.8 Å². The van der Waals surface area contributed by atoms with E-state index >= 15 is 0 Å². The van der Waals surface area contributed by atoms with Gasteiger partial charge in [-0.1, -0.05) is 26.0 Å². The molecule has 0 radical (unpaired) electrons. The second-order valence-corrected chi connectivity index (χ2v) is 6.85. The highest BCUT2D eigenvalue weighted by Crippen LogP contribution is 2.32. The van der Waals surface area contributed by atoms with Gasteiger partial charge in [0.15, 0.2) is 5.78 Å². The fourth-order valence-corrected chi connectivity index (χ4v) is 3.49. The van der Waals surface area contributed by atoms with Gasteiger partial charge in [0.05, 0.1) is 19.3 Å². The number of allylic oxidation sites excluding steroid dienone is 2. The number of hydrogen-bond acceptors (Lipinski definition) is 5. The van der Waals surface area contributed by atoms with E-state index in [1.807, 2.05) is 6.08 Å². The van der Waals surface area contributed by atoms with Crippen molar-refractivity contribution >= 4 is 11.5 Å². The normalized spacial score (nSPS) is 27.9. The van der Waals surface area contributed by atoms with E-state index in [0.717, 1.165) is 45.0 Å². The number of carbonyl (C=O) groups is 1. The van der Waals surface area contributed by atoms with Gasteiger partial charge in [-0.05, 0) is 18.9 Å². The molecule has 2 aliphatic heterocycles. The lowest BCUT2D eigenvalue weighted by Gasteiger charge is -2.31. The Kier molecular flexibility index (Phi) is 4.97. The molecule has 0 bridgehead atoms. The number of ether oxygens (including phenoxy) is 1.